The van der Waals surface area contributed by atoms with E-state index in [0.29, 0.717) is 6.42 Å². The Hall–Kier alpha value is -0.990. The summed E-state index contributed by atoms with van der Waals surface area (Å²) in [5, 5.41) is 0. The van der Waals surface area contributed by atoms with Crippen LogP contribution >= 0.6 is 0 Å². The summed E-state index contributed by atoms with van der Waals surface area (Å²) in [6, 6.07) is 0. The minimum absolute atomic E-state index is 0.0248. The molecule has 2 rings (SSSR count). The lowest BCUT2D eigenvalue weighted by Gasteiger charge is -2.37. The predicted molar refractivity (Wildman–Crippen MR) is 54.3 cm³/mol. The second kappa shape index (κ2) is 2.77. The summed E-state index contributed by atoms with van der Waals surface area (Å²) in [5.41, 5.74) is -0.992. The lowest BCUT2D eigenvalue weighted by atomic mass is 9.64. The zero-order chi connectivity index (χ0) is 11.4. The summed E-state index contributed by atoms with van der Waals surface area (Å²) in [4.78, 5) is 35.3. The molecule has 2 bridgehead atoms. The van der Waals surface area contributed by atoms with E-state index in [1.807, 2.05) is 20.8 Å². The van der Waals surface area contributed by atoms with Crippen LogP contribution in [0, 0.1) is 16.7 Å². The van der Waals surface area contributed by atoms with Crippen LogP contribution in [0.4, 0.5) is 0 Å². The Morgan fingerprint density at radius 1 is 1.13 bits per heavy atom. The summed E-state index contributed by atoms with van der Waals surface area (Å²) < 4.78 is 0. The molecule has 0 amide bonds. The monoisotopic (exact) mass is 208 g/mol. The molecule has 0 spiro atoms. The van der Waals surface area contributed by atoms with Crippen LogP contribution in [0.15, 0.2) is 0 Å². The molecular weight excluding hydrogens is 192 g/mol. The molecule has 2 aliphatic carbocycles. The maximum Gasteiger partial charge on any atom is 0.144 e. The minimum Gasteiger partial charge on any atom is -0.299 e. The van der Waals surface area contributed by atoms with E-state index in [9.17, 15) is 14.4 Å². The van der Waals surface area contributed by atoms with Crippen molar-refractivity contribution < 1.29 is 14.4 Å². The van der Waals surface area contributed by atoms with E-state index in [4.69, 9.17) is 0 Å². The second-order valence-electron chi connectivity index (χ2n) is 5.59. The summed E-state index contributed by atoms with van der Waals surface area (Å²) in [5.74, 6) is -0.286. The van der Waals surface area contributed by atoms with Gasteiger partial charge in [-0.3, -0.25) is 14.4 Å². The third kappa shape index (κ3) is 1.15. The largest absolute Gasteiger partial charge is 0.299 e. The summed E-state index contributed by atoms with van der Waals surface area (Å²) in [6.07, 6.45) is 0.591. The lowest BCUT2D eigenvalue weighted by Crippen LogP contribution is -2.38. The van der Waals surface area contributed by atoms with Crippen molar-refractivity contribution in [1.29, 1.82) is 0 Å². The van der Waals surface area contributed by atoms with E-state index < -0.39 is 5.41 Å². The molecule has 3 nitrogen and oxygen atoms in total. The van der Waals surface area contributed by atoms with Crippen LogP contribution in [0.25, 0.3) is 0 Å². The summed E-state index contributed by atoms with van der Waals surface area (Å²) in [7, 11) is 0. The number of rotatable bonds is 0. The van der Waals surface area contributed by atoms with Gasteiger partial charge >= 0.3 is 0 Å². The molecule has 0 saturated heterocycles. The Morgan fingerprint density at radius 3 is 2.33 bits per heavy atom. The van der Waals surface area contributed by atoms with Gasteiger partial charge in [0.15, 0.2) is 0 Å². The van der Waals surface area contributed by atoms with Crippen LogP contribution in [0.2, 0.25) is 0 Å². The van der Waals surface area contributed by atoms with Gasteiger partial charge in [0.05, 0.1) is 6.42 Å². The lowest BCUT2D eigenvalue weighted by molar-refractivity contribution is -0.135. The third-order valence-corrected chi connectivity index (χ3v) is 4.61. The highest BCUT2D eigenvalue weighted by Crippen LogP contribution is 2.57. The Labute approximate surface area is 89.2 Å². The molecule has 0 aromatic heterocycles. The fourth-order valence-electron chi connectivity index (χ4n) is 3.03. The van der Waals surface area contributed by atoms with Gasteiger partial charge in [0.1, 0.15) is 17.3 Å². The average Bonchev–Trinajstić information content (AvgIpc) is 2.22. The first-order chi connectivity index (χ1) is 6.79. The Balaban J connectivity index is 2.56. The molecule has 2 atom stereocenters. The van der Waals surface area contributed by atoms with E-state index >= 15 is 0 Å². The zero-order valence-electron chi connectivity index (χ0n) is 9.42. The van der Waals surface area contributed by atoms with Gasteiger partial charge in [0.2, 0.25) is 0 Å². The van der Waals surface area contributed by atoms with Crippen LogP contribution in [-0.4, -0.2) is 17.3 Å². The number of carbonyl (C=O) groups is 3. The number of ketones is 3. The van der Waals surface area contributed by atoms with Gasteiger partial charge in [0, 0.05) is 24.2 Å². The van der Waals surface area contributed by atoms with Gasteiger partial charge in [-0.05, 0) is 5.41 Å². The molecule has 2 saturated carbocycles. The number of Topliss-reactive ketones (excluding diaryl/α,β-unsaturated/α-hetero) is 3. The van der Waals surface area contributed by atoms with Crippen molar-refractivity contribution in [2.24, 2.45) is 16.7 Å². The first-order valence-electron chi connectivity index (χ1n) is 5.37. The Bertz CT molecular complexity index is 367. The molecule has 15 heavy (non-hydrogen) atoms. The van der Waals surface area contributed by atoms with E-state index in [-0.39, 0.29) is 41.5 Å². The van der Waals surface area contributed by atoms with Gasteiger partial charge in [-0.15, -0.1) is 0 Å². The smallest absolute Gasteiger partial charge is 0.144 e. The molecule has 0 aliphatic heterocycles. The third-order valence-electron chi connectivity index (χ3n) is 4.61. The number of fused-ring (bicyclic) bond motifs is 2. The van der Waals surface area contributed by atoms with Crippen LogP contribution in [0.5, 0.6) is 0 Å². The van der Waals surface area contributed by atoms with Gasteiger partial charge in [-0.2, -0.15) is 0 Å². The van der Waals surface area contributed by atoms with E-state index in [1.165, 1.54) is 0 Å². The molecule has 82 valence electrons. The van der Waals surface area contributed by atoms with Crippen LogP contribution in [0.3, 0.4) is 0 Å². The summed E-state index contributed by atoms with van der Waals surface area (Å²) in [6.45, 7) is 5.73. The van der Waals surface area contributed by atoms with Crippen LogP contribution in [0.1, 0.15) is 40.0 Å². The Morgan fingerprint density at radius 2 is 1.73 bits per heavy atom. The second-order valence-corrected chi connectivity index (χ2v) is 5.59. The minimum atomic E-state index is -0.624. The standard InChI is InChI=1S/C12H16O3/c1-11(2)8-5-10(15)12(11,3)6-7(13)4-9(8)14/h8H,4-6H2,1-3H3/t8-,12-/m1/s1. The normalized spacial score (nSPS) is 39.4. The molecule has 2 aliphatic rings. The highest BCUT2D eigenvalue weighted by molar-refractivity contribution is 6.08. The van der Waals surface area contributed by atoms with E-state index in [2.05, 4.69) is 0 Å². The van der Waals surface area contributed by atoms with Gasteiger partial charge in [-0.1, -0.05) is 20.8 Å². The molecule has 2 fully saturated rings. The number of hydrogen-bond acceptors (Lipinski definition) is 3. The van der Waals surface area contributed by atoms with E-state index in [0.717, 1.165) is 0 Å². The van der Waals surface area contributed by atoms with Crippen LogP contribution < -0.4 is 0 Å². The molecule has 0 unspecified atom stereocenters. The van der Waals surface area contributed by atoms with Crippen molar-refractivity contribution >= 4 is 17.3 Å². The fraction of sp³-hybridized carbons (Fsp3) is 0.750. The van der Waals surface area contributed by atoms with Crippen molar-refractivity contribution in [3.63, 3.8) is 0 Å². The van der Waals surface area contributed by atoms with Crippen molar-refractivity contribution in [2.75, 3.05) is 0 Å². The molecule has 0 aromatic rings. The average molecular weight is 208 g/mol. The molecule has 0 N–H and O–H groups in total. The maximum atomic E-state index is 11.9. The first kappa shape index (κ1) is 10.5. The van der Waals surface area contributed by atoms with Gasteiger partial charge in [-0.25, -0.2) is 0 Å². The van der Waals surface area contributed by atoms with Crippen molar-refractivity contribution in [3.05, 3.63) is 0 Å². The van der Waals surface area contributed by atoms with Gasteiger partial charge in [0.25, 0.3) is 0 Å². The van der Waals surface area contributed by atoms with Crippen LogP contribution in [-0.2, 0) is 14.4 Å². The molecule has 0 aromatic carbocycles. The quantitative estimate of drug-likeness (QED) is 0.567. The molecule has 0 heterocycles. The van der Waals surface area contributed by atoms with Gasteiger partial charge < -0.3 is 0 Å². The summed E-state index contributed by atoms with van der Waals surface area (Å²) >= 11 is 0. The zero-order valence-corrected chi connectivity index (χ0v) is 9.42. The maximum absolute atomic E-state index is 11.9. The fourth-order valence-corrected chi connectivity index (χ4v) is 3.03. The highest BCUT2D eigenvalue weighted by atomic mass is 16.2. The highest BCUT2D eigenvalue weighted by Gasteiger charge is 2.61. The molecular formula is C12H16O3. The number of hydrogen-bond donors (Lipinski definition) is 0. The predicted octanol–water partition coefficient (Wildman–Crippen LogP) is 1.54. The van der Waals surface area contributed by atoms with Crippen molar-refractivity contribution in [3.8, 4) is 0 Å². The SMILES string of the molecule is CC1(C)[C@@H]2CC(=O)[C@@]1(C)CC(=O)CC2=O. The molecule has 3 heteroatoms. The Kier molecular flexibility index (Phi) is 1.95. The topological polar surface area (TPSA) is 51.2 Å². The van der Waals surface area contributed by atoms with Crippen molar-refractivity contribution in [1.82, 2.24) is 0 Å². The van der Waals surface area contributed by atoms with Crippen molar-refractivity contribution in [2.45, 2.75) is 40.0 Å². The van der Waals surface area contributed by atoms with E-state index in [1.54, 1.807) is 0 Å². The molecule has 0 radical (unpaired) electrons. The first-order valence-corrected chi connectivity index (χ1v) is 5.37. The number of carbonyl (C=O) groups excluding carboxylic acids is 3.